The maximum absolute atomic E-state index is 12.2. The Morgan fingerprint density at radius 2 is 2.22 bits per heavy atom. The molecule has 0 spiro atoms. The fraction of sp³-hybridized carbons (Fsp3) is 0.611. The third-order valence-corrected chi connectivity index (χ3v) is 5.15. The average Bonchev–Trinajstić information content (AvgIpc) is 3.08. The highest BCUT2D eigenvalue weighted by atomic mass is 35.5. The molecule has 2 aliphatic heterocycles. The molecule has 23 heavy (non-hydrogen) atoms. The second-order valence-electron chi connectivity index (χ2n) is 6.64. The number of likely N-dealkylation sites (tertiary alicyclic amines) is 1. The van der Waals surface area contributed by atoms with Crippen LogP contribution in [0.25, 0.3) is 0 Å². The van der Waals surface area contributed by atoms with Gasteiger partial charge in [0.05, 0.1) is 6.04 Å². The first kappa shape index (κ1) is 16.7. The Bertz CT molecular complexity index is 531. The summed E-state index contributed by atoms with van der Waals surface area (Å²) in [6.07, 6.45) is 5.69. The van der Waals surface area contributed by atoms with E-state index in [1.54, 1.807) is 0 Å². The second kappa shape index (κ2) is 8.13. The predicted octanol–water partition coefficient (Wildman–Crippen LogP) is 2.56. The Balaban J connectivity index is 1.54. The first-order chi connectivity index (χ1) is 11.2. The van der Waals surface area contributed by atoms with Crippen LogP contribution in [-0.2, 0) is 11.3 Å². The molecule has 0 aliphatic carbocycles. The highest BCUT2D eigenvalue weighted by Crippen LogP contribution is 2.21. The normalized spacial score (nSPS) is 25.4. The SMILES string of the molecule is O=C(NCC1CCCCN1Cc1cccc(Cl)c1)C1CCCN1. The number of rotatable bonds is 5. The quantitative estimate of drug-likeness (QED) is 0.869. The minimum absolute atomic E-state index is 0.0139. The standard InChI is InChI=1S/C18H26ClN3O/c19-15-6-3-5-14(11-15)13-22-10-2-1-7-16(22)12-21-18(23)17-8-4-9-20-17/h3,5-6,11,16-17,20H,1-2,4,7-10,12-13H2,(H,21,23). The van der Waals surface area contributed by atoms with Crippen molar-refractivity contribution in [1.82, 2.24) is 15.5 Å². The van der Waals surface area contributed by atoms with Crippen LogP contribution >= 0.6 is 11.6 Å². The van der Waals surface area contributed by atoms with Gasteiger partial charge >= 0.3 is 0 Å². The minimum atomic E-state index is 0.0139. The zero-order chi connectivity index (χ0) is 16.1. The Labute approximate surface area is 143 Å². The fourth-order valence-corrected chi connectivity index (χ4v) is 3.83. The van der Waals surface area contributed by atoms with E-state index in [1.807, 2.05) is 18.2 Å². The summed E-state index contributed by atoms with van der Waals surface area (Å²) in [5.41, 5.74) is 1.24. The number of carbonyl (C=O) groups is 1. The second-order valence-corrected chi connectivity index (χ2v) is 7.08. The topological polar surface area (TPSA) is 44.4 Å². The fourth-order valence-electron chi connectivity index (χ4n) is 3.62. The predicted molar refractivity (Wildman–Crippen MR) is 93.5 cm³/mol. The Kier molecular flexibility index (Phi) is 5.92. The Morgan fingerprint density at radius 1 is 1.30 bits per heavy atom. The number of nitrogens with one attached hydrogen (secondary N) is 2. The molecule has 2 heterocycles. The van der Waals surface area contributed by atoms with E-state index in [9.17, 15) is 4.79 Å². The first-order valence-electron chi connectivity index (χ1n) is 8.72. The molecule has 2 unspecified atom stereocenters. The van der Waals surface area contributed by atoms with E-state index in [0.29, 0.717) is 6.04 Å². The van der Waals surface area contributed by atoms with E-state index in [2.05, 4.69) is 21.6 Å². The van der Waals surface area contributed by atoms with E-state index < -0.39 is 0 Å². The molecule has 1 aromatic carbocycles. The molecule has 2 N–H and O–H groups in total. The van der Waals surface area contributed by atoms with E-state index in [1.165, 1.54) is 18.4 Å². The number of hydrogen-bond donors (Lipinski definition) is 2. The van der Waals surface area contributed by atoms with Crippen molar-refractivity contribution >= 4 is 17.5 Å². The third-order valence-electron chi connectivity index (χ3n) is 4.91. The van der Waals surface area contributed by atoms with Crippen LogP contribution in [0.1, 0.15) is 37.7 Å². The number of nitrogens with zero attached hydrogens (tertiary/aromatic N) is 1. The Hall–Kier alpha value is -1.10. The molecular weight excluding hydrogens is 310 g/mol. The molecule has 0 radical (unpaired) electrons. The highest BCUT2D eigenvalue weighted by molar-refractivity contribution is 6.30. The lowest BCUT2D eigenvalue weighted by molar-refractivity contribution is -0.123. The molecule has 0 bridgehead atoms. The van der Waals surface area contributed by atoms with E-state index in [4.69, 9.17) is 11.6 Å². The van der Waals surface area contributed by atoms with Gasteiger partial charge < -0.3 is 10.6 Å². The van der Waals surface area contributed by atoms with Gasteiger partial charge in [-0.1, -0.05) is 30.2 Å². The third kappa shape index (κ3) is 4.69. The molecule has 4 nitrogen and oxygen atoms in total. The van der Waals surface area contributed by atoms with Crippen LogP contribution < -0.4 is 10.6 Å². The van der Waals surface area contributed by atoms with Gasteiger partial charge in [0.25, 0.3) is 0 Å². The number of amides is 1. The van der Waals surface area contributed by atoms with E-state index in [0.717, 1.165) is 50.5 Å². The van der Waals surface area contributed by atoms with Gasteiger partial charge in [0.2, 0.25) is 5.91 Å². The average molecular weight is 336 g/mol. The molecule has 0 saturated carbocycles. The van der Waals surface area contributed by atoms with Gasteiger partial charge in [0, 0.05) is 24.2 Å². The molecule has 2 atom stereocenters. The van der Waals surface area contributed by atoms with Gasteiger partial charge in [-0.3, -0.25) is 9.69 Å². The van der Waals surface area contributed by atoms with Crippen LogP contribution in [0.5, 0.6) is 0 Å². The molecule has 2 saturated heterocycles. The van der Waals surface area contributed by atoms with Gasteiger partial charge in [-0.2, -0.15) is 0 Å². The smallest absolute Gasteiger partial charge is 0.237 e. The summed E-state index contributed by atoms with van der Waals surface area (Å²) in [5, 5.41) is 7.20. The number of hydrogen-bond acceptors (Lipinski definition) is 3. The monoisotopic (exact) mass is 335 g/mol. The van der Waals surface area contributed by atoms with Crippen molar-refractivity contribution < 1.29 is 4.79 Å². The summed E-state index contributed by atoms with van der Waals surface area (Å²) in [5.74, 6) is 0.163. The van der Waals surface area contributed by atoms with Gasteiger partial charge in [-0.15, -0.1) is 0 Å². The lowest BCUT2D eigenvalue weighted by Crippen LogP contribution is -2.49. The van der Waals surface area contributed by atoms with Crippen molar-refractivity contribution in [3.8, 4) is 0 Å². The zero-order valence-electron chi connectivity index (χ0n) is 13.6. The first-order valence-corrected chi connectivity index (χ1v) is 9.10. The summed E-state index contributed by atoms with van der Waals surface area (Å²) in [4.78, 5) is 14.7. The lowest BCUT2D eigenvalue weighted by Gasteiger charge is -2.36. The van der Waals surface area contributed by atoms with Crippen molar-refractivity contribution in [2.45, 2.75) is 50.7 Å². The number of benzene rings is 1. The van der Waals surface area contributed by atoms with Crippen LogP contribution in [0.2, 0.25) is 5.02 Å². The molecular formula is C18H26ClN3O. The molecule has 2 aliphatic rings. The van der Waals surface area contributed by atoms with Crippen LogP contribution in [0.15, 0.2) is 24.3 Å². The Morgan fingerprint density at radius 3 is 3.00 bits per heavy atom. The molecule has 3 rings (SSSR count). The van der Waals surface area contributed by atoms with E-state index in [-0.39, 0.29) is 11.9 Å². The number of piperidine rings is 1. The zero-order valence-corrected chi connectivity index (χ0v) is 14.3. The van der Waals surface area contributed by atoms with Gasteiger partial charge in [-0.05, 0) is 56.5 Å². The summed E-state index contributed by atoms with van der Waals surface area (Å²) in [7, 11) is 0. The maximum Gasteiger partial charge on any atom is 0.237 e. The van der Waals surface area contributed by atoms with Crippen LogP contribution in [0.3, 0.4) is 0 Å². The van der Waals surface area contributed by atoms with Crippen molar-refractivity contribution in [2.75, 3.05) is 19.6 Å². The van der Waals surface area contributed by atoms with Crippen molar-refractivity contribution in [3.05, 3.63) is 34.9 Å². The number of halogens is 1. The van der Waals surface area contributed by atoms with E-state index >= 15 is 0 Å². The summed E-state index contributed by atoms with van der Waals surface area (Å²) in [6, 6.07) is 8.51. The lowest BCUT2D eigenvalue weighted by atomic mass is 10.0. The number of carbonyl (C=O) groups excluding carboxylic acids is 1. The maximum atomic E-state index is 12.2. The summed E-state index contributed by atoms with van der Waals surface area (Å²) >= 11 is 6.09. The summed E-state index contributed by atoms with van der Waals surface area (Å²) < 4.78 is 0. The van der Waals surface area contributed by atoms with Crippen LogP contribution in [0.4, 0.5) is 0 Å². The van der Waals surface area contributed by atoms with Gasteiger partial charge in [0.15, 0.2) is 0 Å². The largest absolute Gasteiger partial charge is 0.353 e. The van der Waals surface area contributed by atoms with Crippen molar-refractivity contribution in [2.24, 2.45) is 0 Å². The van der Waals surface area contributed by atoms with Crippen molar-refractivity contribution in [3.63, 3.8) is 0 Å². The molecule has 5 heteroatoms. The highest BCUT2D eigenvalue weighted by Gasteiger charge is 2.26. The minimum Gasteiger partial charge on any atom is -0.353 e. The van der Waals surface area contributed by atoms with Crippen molar-refractivity contribution in [1.29, 1.82) is 0 Å². The molecule has 0 aromatic heterocycles. The molecule has 1 aromatic rings. The summed E-state index contributed by atoms with van der Waals surface area (Å²) in [6.45, 7) is 3.71. The molecule has 1 amide bonds. The van der Waals surface area contributed by atoms with Gasteiger partial charge in [0.1, 0.15) is 0 Å². The molecule has 2 fully saturated rings. The van der Waals surface area contributed by atoms with Gasteiger partial charge in [-0.25, -0.2) is 0 Å². The van der Waals surface area contributed by atoms with Crippen LogP contribution in [-0.4, -0.2) is 42.5 Å². The molecule has 126 valence electrons. The van der Waals surface area contributed by atoms with Crippen LogP contribution in [0, 0.1) is 0 Å².